The number of nitrogens with zero attached hydrogens (tertiary/aromatic N) is 1. The maximum absolute atomic E-state index is 2.31. The first-order valence-corrected chi connectivity index (χ1v) is 7.02. The van der Waals surface area contributed by atoms with Crippen molar-refractivity contribution in [1.82, 2.24) is 0 Å². The smallest absolute Gasteiger partial charge is 0.0511 e. The number of hydrogen-bond acceptors (Lipinski definition) is 1. The minimum atomic E-state index is 0.349. The summed E-state index contributed by atoms with van der Waals surface area (Å²) in [5.41, 5.74) is 2.59. The second-order valence-electron chi connectivity index (χ2n) is 5.23. The van der Waals surface area contributed by atoms with Gasteiger partial charge in [-0.3, -0.25) is 0 Å². The summed E-state index contributed by atoms with van der Waals surface area (Å²) in [7, 11) is 2.15. The molecule has 0 N–H and O–H groups in total. The zero-order valence-corrected chi connectivity index (χ0v) is 12.0. The molecule has 0 aliphatic heterocycles. The summed E-state index contributed by atoms with van der Waals surface area (Å²) >= 11 is 0. The Kier molecular flexibility index (Phi) is 3.42. The van der Waals surface area contributed by atoms with E-state index in [4.69, 9.17) is 0 Å². The fraction of sp³-hybridized carbons (Fsp3) is 0.158. The molecule has 0 fully saturated rings. The molecule has 3 rings (SSSR count). The Morgan fingerprint density at radius 2 is 1.40 bits per heavy atom. The van der Waals surface area contributed by atoms with Crippen LogP contribution < -0.4 is 4.90 Å². The van der Waals surface area contributed by atoms with Crippen molar-refractivity contribution in [3.63, 3.8) is 0 Å². The predicted molar refractivity (Wildman–Crippen MR) is 87.2 cm³/mol. The maximum atomic E-state index is 2.31. The highest BCUT2D eigenvalue weighted by Gasteiger charge is 2.12. The highest BCUT2D eigenvalue weighted by Crippen LogP contribution is 2.27. The molecule has 1 heteroatoms. The molecule has 20 heavy (non-hydrogen) atoms. The van der Waals surface area contributed by atoms with Gasteiger partial charge < -0.3 is 4.90 Å². The first kappa shape index (κ1) is 12.7. The van der Waals surface area contributed by atoms with Gasteiger partial charge in [-0.25, -0.2) is 0 Å². The molecule has 0 aliphatic rings. The standard InChI is InChI=1S/C19H19N/c1-15(20(2)19-10-4-3-5-11-19)17-13-12-16-8-6-7-9-18(16)14-17/h3-15H,1-2H3. The second-order valence-corrected chi connectivity index (χ2v) is 5.23. The molecule has 0 saturated carbocycles. The largest absolute Gasteiger partial charge is 0.368 e. The monoisotopic (exact) mass is 261 g/mol. The van der Waals surface area contributed by atoms with Gasteiger partial charge in [0, 0.05) is 12.7 Å². The average molecular weight is 261 g/mol. The number of rotatable bonds is 3. The van der Waals surface area contributed by atoms with Crippen LogP contribution in [0, 0.1) is 0 Å². The van der Waals surface area contributed by atoms with Crippen LogP contribution in [0.4, 0.5) is 5.69 Å². The summed E-state index contributed by atoms with van der Waals surface area (Å²) in [6.45, 7) is 2.25. The molecule has 1 unspecified atom stereocenters. The summed E-state index contributed by atoms with van der Waals surface area (Å²) in [5.74, 6) is 0. The lowest BCUT2D eigenvalue weighted by Crippen LogP contribution is -2.21. The molecule has 0 heterocycles. The van der Waals surface area contributed by atoms with Crippen LogP contribution in [0.1, 0.15) is 18.5 Å². The quantitative estimate of drug-likeness (QED) is 0.638. The van der Waals surface area contributed by atoms with E-state index in [1.807, 2.05) is 0 Å². The normalized spacial score (nSPS) is 12.3. The molecule has 0 amide bonds. The van der Waals surface area contributed by atoms with Gasteiger partial charge in [-0.15, -0.1) is 0 Å². The molecule has 100 valence electrons. The Bertz CT molecular complexity index is 703. The minimum absolute atomic E-state index is 0.349. The fourth-order valence-electron chi connectivity index (χ4n) is 2.58. The van der Waals surface area contributed by atoms with Gasteiger partial charge >= 0.3 is 0 Å². The predicted octanol–water partition coefficient (Wildman–Crippen LogP) is 5.04. The summed E-state index contributed by atoms with van der Waals surface area (Å²) in [5, 5.41) is 2.60. The molecule has 1 atom stereocenters. The van der Waals surface area contributed by atoms with Crippen molar-refractivity contribution in [3.8, 4) is 0 Å². The summed E-state index contributed by atoms with van der Waals surface area (Å²) in [6.07, 6.45) is 0. The van der Waals surface area contributed by atoms with E-state index in [1.54, 1.807) is 0 Å². The number of anilines is 1. The Labute approximate surface area is 120 Å². The summed E-state index contributed by atoms with van der Waals surface area (Å²) in [6, 6.07) is 26.1. The van der Waals surface area contributed by atoms with Gasteiger partial charge in [0.2, 0.25) is 0 Å². The molecule has 3 aromatic carbocycles. The van der Waals surface area contributed by atoms with Crippen molar-refractivity contribution >= 4 is 16.5 Å². The van der Waals surface area contributed by atoms with E-state index in [0.29, 0.717) is 6.04 Å². The van der Waals surface area contributed by atoms with Crippen molar-refractivity contribution in [2.45, 2.75) is 13.0 Å². The van der Waals surface area contributed by atoms with Crippen LogP contribution >= 0.6 is 0 Å². The molecular weight excluding hydrogens is 242 g/mol. The molecule has 0 aromatic heterocycles. The van der Waals surface area contributed by atoms with Crippen molar-refractivity contribution in [1.29, 1.82) is 0 Å². The third-order valence-corrected chi connectivity index (χ3v) is 4.00. The maximum Gasteiger partial charge on any atom is 0.0511 e. The molecular formula is C19H19N. The van der Waals surface area contributed by atoms with Crippen LogP contribution in [0.25, 0.3) is 10.8 Å². The third kappa shape index (κ3) is 2.39. The van der Waals surface area contributed by atoms with Crippen LogP contribution in [0.3, 0.4) is 0 Å². The van der Waals surface area contributed by atoms with Crippen molar-refractivity contribution in [2.75, 3.05) is 11.9 Å². The molecule has 0 spiro atoms. The Morgan fingerprint density at radius 3 is 2.15 bits per heavy atom. The molecule has 3 aromatic rings. The van der Waals surface area contributed by atoms with E-state index in [2.05, 4.69) is 91.7 Å². The van der Waals surface area contributed by atoms with E-state index in [0.717, 1.165) is 0 Å². The van der Waals surface area contributed by atoms with Crippen LogP contribution in [0.5, 0.6) is 0 Å². The lowest BCUT2D eigenvalue weighted by Gasteiger charge is -2.27. The number of para-hydroxylation sites is 1. The topological polar surface area (TPSA) is 3.24 Å². The highest BCUT2D eigenvalue weighted by molar-refractivity contribution is 5.83. The Balaban J connectivity index is 1.94. The van der Waals surface area contributed by atoms with E-state index in [1.165, 1.54) is 22.0 Å². The SMILES string of the molecule is CC(c1ccc2ccccc2c1)N(C)c1ccccc1. The summed E-state index contributed by atoms with van der Waals surface area (Å²) < 4.78 is 0. The van der Waals surface area contributed by atoms with Crippen LogP contribution in [0.2, 0.25) is 0 Å². The zero-order chi connectivity index (χ0) is 13.9. The minimum Gasteiger partial charge on any atom is -0.368 e. The average Bonchev–Trinajstić information content (AvgIpc) is 2.54. The van der Waals surface area contributed by atoms with Gasteiger partial charge in [0.25, 0.3) is 0 Å². The Morgan fingerprint density at radius 1 is 0.750 bits per heavy atom. The van der Waals surface area contributed by atoms with Gasteiger partial charge in [-0.1, -0.05) is 54.6 Å². The van der Waals surface area contributed by atoms with Crippen LogP contribution in [-0.4, -0.2) is 7.05 Å². The number of benzene rings is 3. The zero-order valence-electron chi connectivity index (χ0n) is 12.0. The molecule has 0 radical (unpaired) electrons. The van der Waals surface area contributed by atoms with Crippen LogP contribution in [-0.2, 0) is 0 Å². The van der Waals surface area contributed by atoms with Crippen molar-refractivity contribution in [3.05, 3.63) is 78.4 Å². The molecule has 0 bridgehead atoms. The molecule has 0 aliphatic carbocycles. The highest BCUT2D eigenvalue weighted by atomic mass is 15.1. The summed E-state index contributed by atoms with van der Waals surface area (Å²) in [4.78, 5) is 2.31. The third-order valence-electron chi connectivity index (χ3n) is 4.00. The van der Waals surface area contributed by atoms with Gasteiger partial charge in [0.05, 0.1) is 6.04 Å². The van der Waals surface area contributed by atoms with E-state index in [9.17, 15) is 0 Å². The van der Waals surface area contributed by atoms with Crippen molar-refractivity contribution in [2.24, 2.45) is 0 Å². The Hall–Kier alpha value is -2.28. The lowest BCUT2D eigenvalue weighted by atomic mass is 10.0. The second kappa shape index (κ2) is 5.38. The number of hydrogen-bond donors (Lipinski definition) is 0. The number of fused-ring (bicyclic) bond motifs is 1. The van der Waals surface area contributed by atoms with Gasteiger partial charge in [-0.05, 0) is 41.5 Å². The van der Waals surface area contributed by atoms with E-state index >= 15 is 0 Å². The van der Waals surface area contributed by atoms with Gasteiger partial charge in [0.1, 0.15) is 0 Å². The lowest BCUT2D eigenvalue weighted by molar-refractivity contribution is 0.741. The molecule has 1 nitrogen and oxygen atoms in total. The first-order valence-electron chi connectivity index (χ1n) is 7.02. The molecule has 0 saturated heterocycles. The van der Waals surface area contributed by atoms with Gasteiger partial charge in [0.15, 0.2) is 0 Å². The van der Waals surface area contributed by atoms with E-state index in [-0.39, 0.29) is 0 Å². The van der Waals surface area contributed by atoms with Gasteiger partial charge in [-0.2, -0.15) is 0 Å². The fourth-order valence-corrected chi connectivity index (χ4v) is 2.58. The van der Waals surface area contributed by atoms with Crippen molar-refractivity contribution < 1.29 is 0 Å². The van der Waals surface area contributed by atoms with E-state index < -0.39 is 0 Å². The van der Waals surface area contributed by atoms with Crippen LogP contribution in [0.15, 0.2) is 72.8 Å². The first-order chi connectivity index (χ1) is 9.75.